The van der Waals surface area contributed by atoms with E-state index < -0.39 is 0 Å². The first kappa shape index (κ1) is 17.1. The number of aryl methyl sites for hydroxylation is 1. The number of fused-ring (bicyclic) bond motifs is 1. The molecule has 3 rings (SSSR count). The minimum Gasteiger partial charge on any atom is -0.486 e. The Kier molecular flexibility index (Phi) is 5.43. The second-order valence-electron chi connectivity index (χ2n) is 5.98. The molecular weight excluding hydrogens is 318 g/mol. The third-order valence-corrected chi connectivity index (χ3v) is 4.15. The van der Waals surface area contributed by atoms with Gasteiger partial charge < -0.3 is 19.5 Å². The summed E-state index contributed by atoms with van der Waals surface area (Å²) in [6, 6.07) is 13.3. The fraction of sp³-hybridized carbons (Fsp3) is 0.350. The van der Waals surface area contributed by atoms with Gasteiger partial charge in [-0.05, 0) is 48.7 Å². The number of hydrogen-bond acceptors (Lipinski definition) is 4. The van der Waals surface area contributed by atoms with Crippen LogP contribution in [0.4, 0.5) is 0 Å². The lowest BCUT2D eigenvalue weighted by atomic mass is 10.1. The van der Waals surface area contributed by atoms with Gasteiger partial charge in [-0.1, -0.05) is 25.1 Å². The molecule has 0 unspecified atom stereocenters. The summed E-state index contributed by atoms with van der Waals surface area (Å²) in [5.74, 6) is 1.99. The molecule has 5 nitrogen and oxygen atoms in total. The first-order valence-corrected chi connectivity index (χ1v) is 8.56. The monoisotopic (exact) mass is 341 g/mol. The first-order chi connectivity index (χ1) is 12.2. The lowest BCUT2D eigenvalue weighted by molar-refractivity contribution is -0.123. The van der Waals surface area contributed by atoms with Crippen LogP contribution in [0.25, 0.3) is 0 Å². The van der Waals surface area contributed by atoms with Crippen molar-refractivity contribution >= 4 is 5.91 Å². The van der Waals surface area contributed by atoms with E-state index in [2.05, 4.69) is 12.2 Å². The molecule has 1 aliphatic heterocycles. The molecule has 1 atom stereocenters. The number of carbonyl (C=O) groups is 1. The predicted molar refractivity (Wildman–Crippen MR) is 95.3 cm³/mol. The van der Waals surface area contributed by atoms with Crippen LogP contribution in [-0.4, -0.2) is 25.7 Å². The molecule has 1 aliphatic rings. The molecule has 0 aromatic heterocycles. The van der Waals surface area contributed by atoms with Crippen LogP contribution in [0.5, 0.6) is 17.2 Å². The van der Waals surface area contributed by atoms with Crippen molar-refractivity contribution in [1.82, 2.24) is 5.32 Å². The maximum absolute atomic E-state index is 12.1. The Bertz CT molecular complexity index is 727. The van der Waals surface area contributed by atoms with Gasteiger partial charge in [0.15, 0.2) is 18.1 Å². The largest absolute Gasteiger partial charge is 0.486 e. The third kappa shape index (κ3) is 4.44. The molecule has 1 heterocycles. The van der Waals surface area contributed by atoms with E-state index in [1.165, 1.54) is 5.56 Å². The summed E-state index contributed by atoms with van der Waals surface area (Å²) >= 11 is 0. The normalized spacial score (nSPS) is 13.8. The zero-order valence-corrected chi connectivity index (χ0v) is 14.6. The lowest BCUT2D eigenvalue weighted by Gasteiger charge is -2.21. The highest BCUT2D eigenvalue weighted by atomic mass is 16.6. The third-order valence-electron chi connectivity index (χ3n) is 4.15. The number of amides is 1. The molecule has 0 saturated heterocycles. The average Bonchev–Trinajstić information content (AvgIpc) is 2.66. The summed E-state index contributed by atoms with van der Waals surface area (Å²) in [5.41, 5.74) is 2.20. The van der Waals surface area contributed by atoms with E-state index in [9.17, 15) is 4.79 Å². The van der Waals surface area contributed by atoms with Gasteiger partial charge in [-0.2, -0.15) is 0 Å². The molecule has 2 aromatic carbocycles. The molecule has 1 N–H and O–H groups in total. The van der Waals surface area contributed by atoms with E-state index in [1.54, 1.807) is 0 Å². The second-order valence-corrected chi connectivity index (χ2v) is 5.98. The van der Waals surface area contributed by atoms with Gasteiger partial charge in [-0.15, -0.1) is 0 Å². The topological polar surface area (TPSA) is 56.8 Å². The minimum absolute atomic E-state index is 0.0135. The summed E-state index contributed by atoms with van der Waals surface area (Å²) in [6.07, 6.45) is 0.980. The van der Waals surface area contributed by atoms with Crippen LogP contribution in [0.2, 0.25) is 0 Å². The van der Waals surface area contributed by atoms with Gasteiger partial charge >= 0.3 is 0 Å². The van der Waals surface area contributed by atoms with Crippen LogP contribution in [-0.2, 0) is 11.2 Å². The molecule has 0 saturated carbocycles. The SMILES string of the molecule is CCc1ccc(OCC(=O)N[C@@H](C)c2ccc3c(c2)OCCO3)cc1. The Labute approximate surface area is 147 Å². The lowest BCUT2D eigenvalue weighted by Crippen LogP contribution is -2.31. The van der Waals surface area contributed by atoms with E-state index in [4.69, 9.17) is 14.2 Å². The van der Waals surface area contributed by atoms with E-state index >= 15 is 0 Å². The zero-order chi connectivity index (χ0) is 17.6. The van der Waals surface area contributed by atoms with Crippen LogP contribution >= 0.6 is 0 Å². The van der Waals surface area contributed by atoms with Crippen LogP contribution in [0.1, 0.15) is 31.0 Å². The van der Waals surface area contributed by atoms with Crippen molar-refractivity contribution in [1.29, 1.82) is 0 Å². The summed E-state index contributed by atoms with van der Waals surface area (Å²) < 4.78 is 16.6. The van der Waals surface area contributed by atoms with Crippen molar-refractivity contribution in [3.63, 3.8) is 0 Å². The van der Waals surface area contributed by atoms with Gasteiger partial charge in [0.25, 0.3) is 5.91 Å². The fourth-order valence-electron chi connectivity index (χ4n) is 2.67. The summed E-state index contributed by atoms with van der Waals surface area (Å²) in [4.78, 5) is 12.1. The quantitative estimate of drug-likeness (QED) is 0.876. The Morgan fingerprint density at radius 1 is 1.12 bits per heavy atom. The standard InChI is InChI=1S/C20H23NO4/c1-3-15-4-7-17(8-5-15)25-13-20(22)21-14(2)16-6-9-18-19(12-16)24-11-10-23-18/h4-9,12,14H,3,10-11,13H2,1-2H3,(H,21,22)/t14-/m0/s1. The van der Waals surface area contributed by atoms with Gasteiger partial charge in [-0.3, -0.25) is 4.79 Å². The minimum atomic E-state index is -0.165. The highest BCUT2D eigenvalue weighted by Crippen LogP contribution is 2.32. The van der Waals surface area contributed by atoms with Crippen LogP contribution in [0, 0.1) is 0 Å². The van der Waals surface area contributed by atoms with Crippen LogP contribution in [0.15, 0.2) is 42.5 Å². The number of carbonyl (C=O) groups excluding carboxylic acids is 1. The highest BCUT2D eigenvalue weighted by Gasteiger charge is 2.16. The number of rotatable bonds is 6. The molecule has 0 radical (unpaired) electrons. The molecule has 0 fully saturated rings. The van der Waals surface area contributed by atoms with Gasteiger partial charge in [0.1, 0.15) is 19.0 Å². The smallest absolute Gasteiger partial charge is 0.258 e. The molecular formula is C20H23NO4. The molecule has 1 amide bonds. The first-order valence-electron chi connectivity index (χ1n) is 8.56. The maximum atomic E-state index is 12.1. The van der Waals surface area contributed by atoms with Gasteiger partial charge in [0.05, 0.1) is 6.04 Å². The molecule has 0 aliphatic carbocycles. The Balaban J connectivity index is 1.53. The maximum Gasteiger partial charge on any atom is 0.258 e. The zero-order valence-electron chi connectivity index (χ0n) is 14.6. The van der Waals surface area contributed by atoms with Crippen LogP contribution in [0.3, 0.4) is 0 Å². The summed E-state index contributed by atoms with van der Waals surface area (Å²) in [6.45, 7) is 5.12. The Hall–Kier alpha value is -2.69. The van der Waals surface area contributed by atoms with Crippen molar-refractivity contribution in [2.24, 2.45) is 0 Å². The molecule has 25 heavy (non-hydrogen) atoms. The number of benzene rings is 2. The molecule has 0 bridgehead atoms. The van der Waals surface area contributed by atoms with Crippen molar-refractivity contribution in [3.05, 3.63) is 53.6 Å². The van der Waals surface area contributed by atoms with E-state index in [-0.39, 0.29) is 18.6 Å². The Morgan fingerprint density at radius 2 is 1.84 bits per heavy atom. The van der Waals surface area contributed by atoms with E-state index in [0.717, 1.165) is 23.5 Å². The summed E-state index contributed by atoms with van der Waals surface area (Å²) in [7, 11) is 0. The van der Waals surface area contributed by atoms with Crippen molar-refractivity contribution in [3.8, 4) is 17.2 Å². The van der Waals surface area contributed by atoms with Crippen molar-refractivity contribution in [2.75, 3.05) is 19.8 Å². The molecule has 2 aromatic rings. The number of ether oxygens (including phenoxy) is 3. The van der Waals surface area contributed by atoms with Crippen molar-refractivity contribution in [2.45, 2.75) is 26.3 Å². The summed E-state index contributed by atoms with van der Waals surface area (Å²) in [5, 5.41) is 2.94. The number of nitrogens with one attached hydrogen (secondary N) is 1. The molecule has 0 spiro atoms. The predicted octanol–water partition coefficient (Wildman–Crippen LogP) is 3.28. The average molecular weight is 341 g/mol. The van der Waals surface area contributed by atoms with Gasteiger partial charge in [0.2, 0.25) is 0 Å². The van der Waals surface area contributed by atoms with Crippen LogP contribution < -0.4 is 19.5 Å². The highest BCUT2D eigenvalue weighted by molar-refractivity contribution is 5.78. The fourth-order valence-corrected chi connectivity index (χ4v) is 2.67. The molecule has 5 heteroatoms. The van der Waals surface area contributed by atoms with E-state index in [1.807, 2.05) is 49.4 Å². The second kappa shape index (κ2) is 7.92. The van der Waals surface area contributed by atoms with E-state index in [0.29, 0.717) is 19.0 Å². The molecule has 132 valence electrons. The van der Waals surface area contributed by atoms with Gasteiger partial charge in [0, 0.05) is 0 Å². The Morgan fingerprint density at radius 3 is 2.56 bits per heavy atom. The number of hydrogen-bond donors (Lipinski definition) is 1. The van der Waals surface area contributed by atoms with Gasteiger partial charge in [-0.25, -0.2) is 0 Å². The van der Waals surface area contributed by atoms with Crippen molar-refractivity contribution < 1.29 is 19.0 Å².